The minimum Gasteiger partial charge on any atom is -0.497 e. The maximum atomic E-state index is 13.0. The second-order valence-corrected chi connectivity index (χ2v) is 11.1. The van der Waals surface area contributed by atoms with Gasteiger partial charge in [-0.15, -0.1) is 0 Å². The second-order valence-electron chi connectivity index (χ2n) is 8.13. The van der Waals surface area contributed by atoms with E-state index in [2.05, 4.69) is 11.9 Å². The van der Waals surface area contributed by atoms with E-state index in [9.17, 15) is 13.2 Å². The number of thiazole rings is 1. The normalized spacial score (nSPS) is 16.1. The third-order valence-electron chi connectivity index (χ3n) is 5.84. The van der Waals surface area contributed by atoms with Gasteiger partial charge in [0.15, 0.2) is 4.80 Å². The molecular formula is C24H29N3O4S2. The van der Waals surface area contributed by atoms with Crippen LogP contribution in [-0.2, 0) is 16.6 Å². The monoisotopic (exact) mass is 487 g/mol. The van der Waals surface area contributed by atoms with Crippen LogP contribution in [0, 0.1) is 0 Å². The van der Waals surface area contributed by atoms with Crippen LogP contribution in [0.3, 0.4) is 0 Å². The van der Waals surface area contributed by atoms with Crippen LogP contribution in [0.5, 0.6) is 5.75 Å². The number of nitrogens with zero attached hydrogens (tertiary/aromatic N) is 3. The molecule has 1 aliphatic rings. The van der Waals surface area contributed by atoms with Crippen LogP contribution < -0.4 is 9.54 Å². The van der Waals surface area contributed by atoms with Crippen LogP contribution in [0.4, 0.5) is 0 Å². The van der Waals surface area contributed by atoms with Gasteiger partial charge in [0.2, 0.25) is 10.0 Å². The van der Waals surface area contributed by atoms with E-state index in [1.54, 1.807) is 23.5 Å². The SMILES string of the molecule is CCCn1c(=NC(=O)c2ccc(S(=O)(=O)N3CCCCCC3)cc2)sc2cc(OC)ccc21. The summed E-state index contributed by atoms with van der Waals surface area (Å²) in [5.74, 6) is 0.364. The lowest BCUT2D eigenvalue weighted by molar-refractivity contribution is 0.0997. The van der Waals surface area contributed by atoms with Crippen molar-refractivity contribution in [3.8, 4) is 5.75 Å². The molecule has 9 heteroatoms. The van der Waals surface area contributed by atoms with Crippen molar-refractivity contribution >= 4 is 37.5 Å². The quantitative estimate of drug-likeness (QED) is 0.515. The minimum atomic E-state index is -3.55. The summed E-state index contributed by atoms with van der Waals surface area (Å²) in [4.78, 5) is 18.1. The fourth-order valence-corrected chi connectivity index (χ4v) is 6.66. The molecule has 33 heavy (non-hydrogen) atoms. The molecule has 0 spiro atoms. The highest BCUT2D eigenvalue weighted by atomic mass is 32.2. The summed E-state index contributed by atoms with van der Waals surface area (Å²) < 4.78 is 35.9. The molecule has 4 rings (SSSR count). The average Bonchev–Trinajstić information content (AvgIpc) is 2.98. The van der Waals surface area contributed by atoms with Gasteiger partial charge < -0.3 is 9.30 Å². The van der Waals surface area contributed by atoms with E-state index < -0.39 is 15.9 Å². The Kier molecular flexibility index (Phi) is 7.31. The maximum Gasteiger partial charge on any atom is 0.279 e. The van der Waals surface area contributed by atoms with Gasteiger partial charge in [-0.05, 0) is 61.7 Å². The molecule has 0 N–H and O–H groups in total. The van der Waals surface area contributed by atoms with Crippen LogP contribution in [0.15, 0.2) is 52.4 Å². The van der Waals surface area contributed by atoms with Gasteiger partial charge in [0, 0.05) is 25.2 Å². The molecule has 0 saturated carbocycles. The number of carbonyl (C=O) groups is 1. The summed E-state index contributed by atoms with van der Waals surface area (Å²) in [5, 5.41) is 0. The van der Waals surface area contributed by atoms with Crippen molar-refractivity contribution in [2.24, 2.45) is 4.99 Å². The summed E-state index contributed by atoms with van der Waals surface area (Å²) >= 11 is 1.44. The molecule has 1 aromatic heterocycles. The zero-order valence-electron chi connectivity index (χ0n) is 19.0. The number of ether oxygens (including phenoxy) is 1. The number of benzene rings is 2. The van der Waals surface area contributed by atoms with E-state index in [0.29, 0.717) is 23.5 Å². The molecule has 0 aliphatic carbocycles. The molecule has 1 amide bonds. The number of aromatic nitrogens is 1. The van der Waals surface area contributed by atoms with Crippen LogP contribution in [-0.4, -0.2) is 43.4 Å². The standard InChI is InChI=1S/C24H29N3O4S2/c1-3-14-27-21-13-10-19(31-2)17-22(21)32-24(27)25-23(28)18-8-11-20(12-9-18)33(29,30)26-15-6-4-5-7-16-26/h8-13,17H,3-7,14-16H2,1-2H3. The van der Waals surface area contributed by atoms with Gasteiger partial charge >= 0.3 is 0 Å². The lowest BCUT2D eigenvalue weighted by Gasteiger charge is -2.19. The van der Waals surface area contributed by atoms with Gasteiger partial charge in [-0.1, -0.05) is 31.1 Å². The largest absolute Gasteiger partial charge is 0.497 e. The van der Waals surface area contributed by atoms with E-state index in [-0.39, 0.29) is 4.90 Å². The van der Waals surface area contributed by atoms with Crippen molar-refractivity contribution in [2.45, 2.75) is 50.5 Å². The Hall–Kier alpha value is -2.49. The van der Waals surface area contributed by atoms with Gasteiger partial charge in [-0.2, -0.15) is 9.30 Å². The molecule has 0 unspecified atom stereocenters. The molecule has 7 nitrogen and oxygen atoms in total. The Morgan fingerprint density at radius 2 is 1.76 bits per heavy atom. The van der Waals surface area contributed by atoms with Crippen LogP contribution in [0.25, 0.3) is 10.2 Å². The van der Waals surface area contributed by atoms with Crippen LogP contribution in [0.2, 0.25) is 0 Å². The highest BCUT2D eigenvalue weighted by molar-refractivity contribution is 7.89. The van der Waals surface area contributed by atoms with Crippen LogP contribution in [0.1, 0.15) is 49.4 Å². The third kappa shape index (κ3) is 5.05. The molecule has 0 atom stereocenters. The van der Waals surface area contributed by atoms with Gasteiger partial charge in [0.25, 0.3) is 5.91 Å². The second kappa shape index (κ2) is 10.2. The van der Waals surface area contributed by atoms with Crippen molar-refractivity contribution in [2.75, 3.05) is 20.2 Å². The van der Waals surface area contributed by atoms with Gasteiger partial charge in [-0.3, -0.25) is 4.79 Å². The molecule has 1 saturated heterocycles. The number of methoxy groups -OCH3 is 1. The summed E-state index contributed by atoms with van der Waals surface area (Å²) in [6, 6.07) is 12.0. The Morgan fingerprint density at radius 3 is 2.39 bits per heavy atom. The predicted molar refractivity (Wildman–Crippen MR) is 130 cm³/mol. The highest BCUT2D eigenvalue weighted by Crippen LogP contribution is 2.24. The number of amides is 1. The first-order chi connectivity index (χ1) is 15.9. The maximum absolute atomic E-state index is 13.0. The topological polar surface area (TPSA) is 81.0 Å². The Morgan fingerprint density at radius 1 is 1.06 bits per heavy atom. The third-order valence-corrected chi connectivity index (χ3v) is 8.79. The number of hydrogen-bond acceptors (Lipinski definition) is 5. The van der Waals surface area contributed by atoms with Crippen molar-refractivity contribution in [1.82, 2.24) is 8.87 Å². The number of sulfonamides is 1. The summed E-state index contributed by atoms with van der Waals surface area (Å²) in [6.45, 7) is 3.92. The highest BCUT2D eigenvalue weighted by Gasteiger charge is 2.25. The van der Waals surface area contributed by atoms with Gasteiger partial charge in [-0.25, -0.2) is 8.42 Å². The lowest BCUT2D eigenvalue weighted by atomic mass is 10.2. The van der Waals surface area contributed by atoms with Crippen molar-refractivity contribution in [3.63, 3.8) is 0 Å². The van der Waals surface area contributed by atoms with E-state index in [0.717, 1.165) is 54.6 Å². The lowest BCUT2D eigenvalue weighted by Crippen LogP contribution is -2.31. The molecule has 0 bridgehead atoms. The molecule has 176 valence electrons. The Labute approximate surface area is 198 Å². The van der Waals surface area contributed by atoms with E-state index in [1.807, 2.05) is 22.8 Å². The predicted octanol–water partition coefficient (Wildman–Crippen LogP) is 4.43. The van der Waals surface area contributed by atoms with Crippen molar-refractivity contribution in [1.29, 1.82) is 0 Å². The van der Waals surface area contributed by atoms with E-state index >= 15 is 0 Å². The fourth-order valence-electron chi connectivity index (χ4n) is 4.06. The van der Waals surface area contributed by atoms with Gasteiger partial charge in [0.1, 0.15) is 5.75 Å². The summed E-state index contributed by atoms with van der Waals surface area (Å²) in [6.07, 6.45) is 4.79. The zero-order chi connectivity index (χ0) is 23.4. The molecular weight excluding hydrogens is 458 g/mol. The smallest absolute Gasteiger partial charge is 0.279 e. The minimum absolute atomic E-state index is 0.218. The number of carbonyl (C=O) groups excluding carboxylic acids is 1. The number of fused-ring (bicyclic) bond motifs is 1. The molecule has 1 fully saturated rings. The van der Waals surface area contributed by atoms with Crippen molar-refractivity contribution < 1.29 is 17.9 Å². The average molecular weight is 488 g/mol. The molecule has 2 heterocycles. The first-order valence-corrected chi connectivity index (χ1v) is 13.6. The van der Waals surface area contributed by atoms with Crippen molar-refractivity contribution in [3.05, 3.63) is 52.8 Å². The number of hydrogen-bond donors (Lipinski definition) is 0. The van der Waals surface area contributed by atoms with Gasteiger partial charge in [0.05, 0.1) is 22.2 Å². The first kappa shape index (κ1) is 23.7. The Balaban J connectivity index is 1.63. The number of rotatable bonds is 6. The first-order valence-electron chi connectivity index (χ1n) is 11.3. The molecule has 0 radical (unpaired) electrons. The fraction of sp³-hybridized carbons (Fsp3) is 0.417. The summed E-state index contributed by atoms with van der Waals surface area (Å²) in [5.41, 5.74) is 1.37. The Bertz CT molecular complexity index is 1300. The van der Waals surface area contributed by atoms with E-state index in [4.69, 9.17) is 4.74 Å². The number of aryl methyl sites for hydroxylation is 1. The zero-order valence-corrected chi connectivity index (χ0v) is 20.6. The van der Waals surface area contributed by atoms with E-state index in [1.165, 1.54) is 23.5 Å². The van der Waals surface area contributed by atoms with Crippen LogP contribution >= 0.6 is 11.3 Å². The summed E-state index contributed by atoms with van der Waals surface area (Å²) in [7, 11) is -1.92. The molecule has 3 aromatic rings. The molecule has 2 aromatic carbocycles. The molecule has 1 aliphatic heterocycles.